The van der Waals surface area contributed by atoms with Gasteiger partial charge in [-0.1, -0.05) is 47.5 Å². The number of ether oxygens (including phenoxy) is 2. The fourth-order valence-corrected chi connectivity index (χ4v) is 2.76. The Morgan fingerprint density at radius 1 is 0.964 bits per heavy atom. The summed E-state index contributed by atoms with van der Waals surface area (Å²) in [6, 6.07) is 19.7. The van der Waals surface area contributed by atoms with E-state index in [0.29, 0.717) is 23.1 Å². The van der Waals surface area contributed by atoms with E-state index in [1.807, 2.05) is 43.3 Å². The maximum Gasteiger partial charge on any atom is 0.162 e. The maximum atomic E-state index is 6.14. The third kappa shape index (κ3) is 5.27. The van der Waals surface area contributed by atoms with E-state index < -0.39 is 0 Å². The molecule has 3 aromatic carbocycles. The number of anilines is 1. The minimum absolute atomic E-state index is 0.470. The molecule has 144 valence electrons. The van der Waals surface area contributed by atoms with Crippen molar-refractivity contribution >= 4 is 23.5 Å². The van der Waals surface area contributed by atoms with E-state index >= 15 is 0 Å². The summed E-state index contributed by atoms with van der Waals surface area (Å²) < 4.78 is 11.4. The first-order chi connectivity index (χ1) is 13.5. The smallest absolute Gasteiger partial charge is 0.162 e. The van der Waals surface area contributed by atoms with Gasteiger partial charge in [-0.05, 0) is 60.9 Å². The lowest BCUT2D eigenvalue weighted by atomic mass is 10.1. The van der Waals surface area contributed by atoms with Gasteiger partial charge in [0.2, 0.25) is 0 Å². The third-order valence-electron chi connectivity index (χ3n) is 4.28. The van der Waals surface area contributed by atoms with Crippen molar-refractivity contribution in [3.8, 4) is 11.5 Å². The lowest BCUT2D eigenvalue weighted by Gasteiger charge is -2.11. The lowest BCUT2D eigenvalue weighted by molar-refractivity contribution is 0.284. The first-order valence-corrected chi connectivity index (χ1v) is 9.34. The summed E-state index contributed by atoms with van der Waals surface area (Å²) >= 11 is 6.14. The van der Waals surface area contributed by atoms with Crippen molar-refractivity contribution in [3.63, 3.8) is 0 Å². The summed E-state index contributed by atoms with van der Waals surface area (Å²) in [6.45, 7) is 4.50. The van der Waals surface area contributed by atoms with Crippen LogP contribution < -0.4 is 14.9 Å². The van der Waals surface area contributed by atoms with Crippen molar-refractivity contribution in [2.24, 2.45) is 5.10 Å². The van der Waals surface area contributed by atoms with Gasteiger partial charge < -0.3 is 9.47 Å². The summed E-state index contributed by atoms with van der Waals surface area (Å²) in [5, 5.41) is 4.98. The van der Waals surface area contributed by atoms with Gasteiger partial charge in [0, 0.05) is 5.02 Å². The van der Waals surface area contributed by atoms with E-state index in [1.54, 1.807) is 13.3 Å². The number of hydrazone groups is 1. The van der Waals surface area contributed by atoms with E-state index in [9.17, 15) is 0 Å². The number of nitrogens with one attached hydrogen (secondary N) is 1. The van der Waals surface area contributed by atoms with E-state index in [1.165, 1.54) is 5.56 Å². The molecule has 28 heavy (non-hydrogen) atoms. The zero-order valence-corrected chi connectivity index (χ0v) is 17.0. The van der Waals surface area contributed by atoms with E-state index in [4.69, 9.17) is 21.1 Å². The highest BCUT2D eigenvalue weighted by atomic mass is 35.5. The highest BCUT2D eigenvalue weighted by Crippen LogP contribution is 2.28. The Kier molecular flexibility index (Phi) is 6.56. The van der Waals surface area contributed by atoms with Gasteiger partial charge in [0.15, 0.2) is 11.5 Å². The molecule has 0 heterocycles. The number of halogens is 1. The predicted molar refractivity (Wildman–Crippen MR) is 116 cm³/mol. The summed E-state index contributed by atoms with van der Waals surface area (Å²) in [5.74, 6) is 1.35. The molecule has 0 aliphatic heterocycles. The van der Waals surface area contributed by atoms with Crippen LogP contribution in [0.25, 0.3) is 0 Å². The minimum atomic E-state index is 0.470. The van der Waals surface area contributed by atoms with Gasteiger partial charge in [-0.3, -0.25) is 5.43 Å². The number of aryl methyl sites for hydroxylation is 2. The van der Waals surface area contributed by atoms with Gasteiger partial charge in [-0.25, -0.2) is 0 Å². The molecule has 5 heteroatoms. The van der Waals surface area contributed by atoms with Crippen LogP contribution in [0.2, 0.25) is 5.02 Å². The van der Waals surface area contributed by atoms with Gasteiger partial charge in [0.25, 0.3) is 0 Å². The van der Waals surface area contributed by atoms with Gasteiger partial charge in [0.1, 0.15) is 6.61 Å². The second kappa shape index (κ2) is 9.29. The second-order valence-electron chi connectivity index (χ2n) is 6.52. The first kappa shape index (κ1) is 19.8. The Balaban J connectivity index is 1.68. The first-order valence-electron chi connectivity index (χ1n) is 8.97. The number of hydrogen-bond acceptors (Lipinski definition) is 4. The van der Waals surface area contributed by atoms with Gasteiger partial charge >= 0.3 is 0 Å². The molecule has 4 nitrogen and oxygen atoms in total. The average molecular weight is 395 g/mol. The molecule has 0 saturated carbocycles. The van der Waals surface area contributed by atoms with Gasteiger partial charge in [-0.2, -0.15) is 5.10 Å². The monoisotopic (exact) mass is 394 g/mol. The Labute approximate surface area is 170 Å². The Morgan fingerprint density at radius 3 is 2.46 bits per heavy atom. The van der Waals surface area contributed by atoms with Crippen LogP contribution in [0.1, 0.15) is 22.3 Å². The molecule has 3 aromatic rings. The van der Waals surface area contributed by atoms with E-state index in [-0.39, 0.29) is 0 Å². The summed E-state index contributed by atoms with van der Waals surface area (Å²) in [6.07, 6.45) is 1.73. The molecule has 0 fully saturated rings. The summed E-state index contributed by atoms with van der Waals surface area (Å²) in [5.41, 5.74) is 8.06. The van der Waals surface area contributed by atoms with Gasteiger partial charge in [0.05, 0.1) is 19.0 Å². The zero-order chi connectivity index (χ0) is 19.9. The zero-order valence-electron chi connectivity index (χ0n) is 16.2. The molecular weight excluding hydrogens is 372 g/mol. The quantitative estimate of drug-likeness (QED) is 0.395. The molecule has 0 amide bonds. The molecule has 1 N–H and O–H groups in total. The van der Waals surface area contributed by atoms with E-state index in [2.05, 4.69) is 41.7 Å². The van der Waals surface area contributed by atoms with Crippen molar-refractivity contribution in [2.45, 2.75) is 20.5 Å². The van der Waals surface area contributed by atoms with Crippen LogP contribution in [0.4, 0.5) is 5.69 Å². The largest absolute Gasteiger partial charge is 0.493 e. The van der Waals surface area contributed by atoms with Crippen LogP contribution >= 0.6 is 11.6 Å². The van der Waals surface area contributed by atoms with Gasteiger partial charge in [-0.15, -0.1) is 0 Å². The third-order valence-corrected chi connectivity index (χ3v) is 4.69. The van der Waals surface area contributed by atoms with Crippen molar-refractivity contribution < 1.29 is 9.47 Å². The molecule has 3 rings (SSSR count). The number of benzene rings is 3. The van der Waals surface area contributed by atoms with Crippen LogP contribution in [-0.2, 0) is 6.61 Å². The molecule has 0 aliphatic carbocycles. The predicted octanol–water partition coefficient (Wildman–Crippen LogP) is 5.99. The molecule has 0 aromatic heterocycles. The molecule has 0 spiro atoms. The molecular formula is C23H23ClN2O2. The fourth-order valence-electron chi connectivity index (χ4n) is 2.58. The van der Waals surface area contributed by atoms with Crippen LogP contribution in [-0.4, -0.2) is 13.3 Å². The summed E-state index contributed by atoms with van der Waals surface area (Å²) in [4.78, 5) is 0. The van der Waals surface area contributed by atoms with Crippen molar-refractivity contribution in [3.05, 3.63) is 87.9 Å². The highest BCUT2D eigenvalue weighted by molar-refractivity contribution is 6.31. The molecule has 0 radical (unpaired) electrons. The van der Waals surface area contributed by atoms with Crippen molar-refractivity contribution in [1.29, 1.82) is 0 Å². The fraction of sp³-hybridized carbons (Fsp3) is 0.174. The molecule has 0 aliphatic rings. The van der Waals surface area contributed by atoms with Crippen LogP contribution in [0.15, 0.2) is 65.8 Å². The standard InChI is InChI=1S/C23H23ClN2O2/c1-16-4-7-18(8-5-16)15-28-23-12-19(9-11-22(23)27-3)14-25-26-20-10-6-17(2)21(24)13-20/h4-14,26H,15H2,1-3H3/b25-14+. The highest BCUT2D eigenvalue weighted by Gasteiger charge is 2.06. The normalized spacial score (nSPS) is 10.9. The summed E-state index contributed by atoms with van der Waals surface area (Å²) in [7, 11) is 1.63. The maximum absolute atomic E-state index is 6.14. The Morgan fingerprint density at radius 2 is 1.75 bits per heavy atom. The van der Waals surface area contributed by atoms with Crippen LogP contribution in [0.5, 0.6) is 11.5 Å². The Bertz CT molecular complexity index is 969. The molecule has 0 bridgehead atoms. The number of rotatable bonds is 7. The lowest BCUT2D eigenvalue weighted by Crippen LogP contribution is -1.99. The number of hydrogen-bond donors (Lipinski definition) is 1. The topological polar surface area (TPSA) is 42.8 Å². The van der Waals surface area contributed by atoms with E-state index in [0.717, 1.165) is 22.4 Å². The molecule has 0 saturated heterocycles. The Hall–Kier alpha value is -2.98. The SMILES string of the molecule is COc1ccc(/C=N/Nc2ccc(C)c(Cl)c2)cc1OCc1ccc(C)cc1. The molecule has 0 atom stereocenters. The minimum Gasteiger partial charge on any atom is -0.493 e. The van der Waals surface area contributed by atoms with Crippen LogP contribution in [0.3, 0.4) is 0 Å². The average Bonchev–Trinajstić information content (AvgIpc) is 2.70. The van der Waals surface area contributed by atoms with Crippen LogP contribution in [0, 0.1) is 13.8 Å². The number of methoxy groups -OCH3 is 1. The second-order valence-corrected chi connectivity index (χ2v) is 6.93. The molecule has 0 unspecified atom stereocenters. The van der Waals surface area contributed by atoms with Crippen molar-refractivity contribution in [2.75, 3.05) is 12.5 Å². The number of nitrogens with zero attached hydrogens (tertiary/aromatic N) is 1. The van der Waals surface area contributed by atoms with Crippen molar-refractivity contribution in [1.82, 2.24) is 0 Å².